The second-order valence-electron chi connectivity index (χ2n) is 8.64. The quantitative estimate of drug-likeness (QED) is 0.875. The van der Waals surface area contributed by atoms with Crippen molar-refractivity contribution in [1.82, 2.24) is 0 Å². The molecule has 3 rings (SSSR count). The molecule has 0 spiro atoms. The molecule has 1 saturated heterocycles. The normalized spacial score (nSPS) is 31.2. The van der Waals surface area contributed by atoms with Gasteiger partial charge in [0.2, 0.25) is 0 Å². The molecule has 1 heterocycles. The minimum Gasteiger partial charge on any atom is -0.371 e. The largest absolute Gasteiger partial charge is 0.371 e. The van der Waals surface area contributed by atoms with E-state index < -0.39 is 0 Å². The molecule has 0 radical (unpaired) electrons. The van der Waals surface area contributed by atoms with Gasteiger partial charge < -0.3 is 16.4 Å². The van der Waals surface area contributed by atoms with E-state index >= 15 is 0 Å². The fourth-order valence-corrected chi connectivity index (χ4v) is 4.20. The van der Waals surface area contributed by atoms with Crippen molar-refractivity contribution >= 4 is 5.69 Å². The molecule has 23 heavy (non-hydrogen) atoms. The van der Waals surface area contributed by atoms with Gasteiger partial charge in [-0.15, -0.1) is 0 Å². The van der Waals surface area contributed by atoms with E-state index in [1.165, 1.54) is 29.7 Å². The molecule has 4 N–H and O–H groups in total. The number of aryl methyl sites for hydroxylation is 1. The lowest BCUT2D eigenvalue weighted by Gasteiger charge is -2.40. The Balaban J connectivity index is 1.76. The molecule has 0 aromatic heterocycles. The van der Waals surface area contributed by atoms with Crippen molar-refractivity contribution in [3.63, 3.8) is 0 Å². The van der Waals surface area contributed by atoms with Crippen LogP contribution >= 0.6 is 0 Å². The van der Waals surface area contributed by atoms with Gasteiger partial charge in [-0.2, -0.15) is 0 Å². The zero-order valence-corrected chi connectivity index (χ0v) is 15.1. The molecule has 0 atom stereocenters. The van der Waals surface area contributed by atoms with Crippen molar-refractivity contribution in [2.45, 2.75) is 70.9 Å². The molecule has 1 aromatic carbocycles. The number of hydrogen-bond acceptors (Lipinski definition) is 3. The first-order valence-corrected chi connectivity index (χ1v) is 9.20. The van der Waals surface area contributed by atoms with Crippen LogP contribution in [0.1, 0.15) is 63.5 Å². The summed E-state index contributed by atoms with van der Waals surface area (Å²) >= 11 is 0. The van der Waals surface area contributed by atoms with Gasteiger partial charge in [0.15, 0.2) is 0 Å². The second-order valence-corrected chi connectivity index (χ2v) is 8.64. The van der Waals surface area contributed by atoms with Gasteiger partial charge in [-0.3, -0.25) is 0 Å². The highest BCUT2D eigenvalue weighted by Crippen LogP contribution is 2.38. The third kappa shape index (κ3) is 3.56. The molecule has 128 valence electrons. The Morgan fingerprint density at radius 2 is 1.65 bits per heavy atom. The number of piperidine rings is 1. The molecule has 0 amide bonds. The lowest BCUT2D eigenvalue weighted by molar-refractivity contribution is 0.276. The maximum atomic E-state index is 6.74. The van der Waals surface area contributed by atoms with Crippen LogP contribution in [0.15, 0.2) is 18.2 Å². The van der Waals surface area contributed by atoms with Crippen molar-refractivity contribution in [2.75, 3.05) is 18.0 Å². The zero-order chi connectivity index (χ0) is 16.7. The summed E-state index contributed by atoms with van der Waals surface area (Å²) in [6.07, 6.45) is 6.63. The molecular weight excluding hydrogens is 282 g/mol. The van der Waals surface area contributed by atoms with Gasteiger partial charge in [-0.1, -0.05) is 19.9 Å². The third-order valence-corrected chi connectivity index (χ3v) is 6.15. The second kappa shape index (κ2) is 6.10. The van der Waals surface area contributed by atoms with Gasteiger partial charge in [0.25, 0.3) is 0 Å². The smallest absolute Gasteiger partial charge is 0.0413 e. The summed E-state index contributed by atoms with van der Waals surface area (Å²) in [4.78, 5) is 2.53. The first-order chi connectivity index (χ1) is 10.8. The van der Waals surface area contributed by atoms with Gasteiger partial charge in [0.05, 0.1) is 0 Å². The van der Waals surface area contributed by atoms with Crippen molar-refractivity contribution < 1.29 is 0 Å². The predicted octanol–water partition coefficient (Wildman–Crippen LogP) is 3.68. The van der Waals surface area contributed by atoms with E-state index in [2.05, 4.69) is 43.9 Å². The fourth-order valence-electron chi connectivity index (χ4n) is 4.20. The summed E-state index contributed by atoms with van der Waals surface area (Å²) < 4.78 is 0. The molecule has 2 fully saturated rings. The molecular formula is C20H33N3. The molecule has 1 aliphatic carbocycles. The lowest BCUT2D eigenvalue weighted by atomic mass is 9.74. The van der Waals surface area contributed by atoms with E-state index in [-0.39, 0.29) is 5.54 Å². The molecule has 0 unspecified atom stereocenters. The number of rotatable bonds is 2. The summed E-state index contributed by atoms with van der Waals surface area (Å²) in [5.74, 6) is 0. The Bertz CT molecular complexity index is 546. The van der Waals surface area contributed by atoms with Gasteiger partial charge in [0, 0.05) is 30.4 Å². The van der Waals surface area contributed by atoms with Crippen LogP contribution in [-0.2, 0) is 5.54 Å². The minimum atomic E-state index is -0.178. The highest BCUT2D eigenvalue weighted by Gasteiger charge is 2.33. The van der Waals surface area contributed by atoms with E-state index in [9.17, 15) is 0 Å². The topological polar surface area (TPSA) is 55.3 Å². The van der Waals surface area contributed by atoms with E-state index in [0.717, 1.165) is 38.8 Å². The fraction of sp³-hybridized carbons (Fsp3) is 0.700. The van der Waals surface area contributed by atoms with Crippen LogP contribution in [0.4, 0.5) is 5.69 Å². The molecule has 2 aliphatic rings. The van der Waals surface area contributed by atoms with Crippen molar-refractivity contribution in [3.8, 4) is 0 Å². The number of anilines is 1. The van der Waals surface area contributed by atoms with E-state index in [1.54, 1.807) is 0 Å². The minimum absolute atomic E-state index is 0.178. The summed E-state index contributed by atoms with van der Waals surface area (Å²) in [6.45, 7) is 9.30. The van der Waals surface area contributed by atoms with Crippen LogP contribution in [-0.4, -0.2) is 19.1 Å². The SMILES string of the molecule is Cc1cc(N2CCC(C)(C)CC2)ccc1C1(N)CCC(N)CC1. The Morgan fingerprint density at radius 1 is 1.04 bits per heavy atom. The van der Waals surface area contributed by atoms with Crippen LogP contribution in [0.3, 0.4) is 0 Å². The van der Waals surface area contributed by atoms with Gasteiger partial charge in [-0.25, -0.2) is 0 Å². The highest BCUT2D eigenvalue weighted by atomic mass is 15.1. The van der Waals surface area contributed by atoms with Crippen LogP contribution in [0.2, 0.25) is 0 Å². The zero-order valence-electron chi connectivity index (χ0n) is 15.1. The van der Waals surface area contributed by atoms with Crippen molar-refractivity contribution in [1.29, 1.82) is 0 Å². The summed E-state index contributed by atoms with van der Waals surface area (Å²) in [5.41, 5.74) is 17.1. The first-order valence-electron chi connectivity index (χ1n) is 9.20. The molecule has 3 nitrogen and oxygen atoms in total. The lowest BCUT2D eigenvalue weighted by Crippen LogP contribution is -2.44. The molecule has 0 bridgehead atoms. The van der Waals surface area contributed by atoms with E-state index in [0.29, 0.717) is 11.5 Å². The third-order valence-electron chi connectivity index (χ3n) is 6.15. The predicted molar refractivity (Wildman–Crippen MR) is 98.7 cm³/mol. The Morgan fingerprint density at radius 3 is 2.22 bits per heavy atom. The van der Waals surface area contributed by atoms with Gasteiger partial charge >= 0.3 is 0 Å². The van der Waals surface area contributed by atoms with Crippen LogP contribution in [0, 0.1) is 12.3 Å². The maximum absolute atomic E-state index is 6.74. The monoisotopic (exact) mass is 315 g/mol. The van der Waals surface area contributed by atoms with Crippen LogP contribution in [0.5, 0.6) is 0 Å². The number of hydrogen-bond donors (Lipinski definition) is 2. The van der Waals surface area contributed by atoms with Gasteiger partial charge in [-0.05, 0) is 74.1 Å². The standard InChI is InChI=1S/C20H33N3/c1-15-14-17(23-12-10-19(2,3)11-13-23)4-5-18(15)20(22)8-6-16(21)7-9-20/h4-5,14,16H,6-13,21-22H2,1-3H3. The van der Waals surface area contributed by atoms with Crippen LogP contribution in [0.25, 0.3) is 0 Å². The Hall–Kier alpha value is -1.06. The first kappa shape index (κ1) is 16.8. The maximum Gasteiger partial charge on any atom is 0.0413 e. The molecule has 1 aromatic rings. The number of benzene rings is 1. The molecule has 1 aliphatic heterocycles. The average molecular weight is 316 g/mol. The van der Waals surface area contributed by atoms with E-state index in [4.69, 9.17) is 11.5 Å². The number of nitrogens with zero attached hydrogens (tertiary/aromatic N) is 1. The van der Waals surface area contributed by atoms with Crippen LogP contribution < -0.4 is 16.4 Å². The Labute approximate surface area is 141 Å². The highest BCUT2D eigenvalue weighted by molar-refractivity contribution is 5.52. The summed E-state index contributed by atoms with van der Waals surface area (Å²) in [5, 5.41) is 0. The summed E-state index contributed by atoms with van der Waals surface area (Å²) in [6, 6.07) is 7.24. The number of nitrogens with two attached hydrogens (primary N) is 2. The van der Waals surface area contributed by atoms with E-state index in [1.807, 2.05) is 0 Å². The molecule has 3 heteroatoms. The molecule has 1 saturated carbocycles. The van der Waals surface area contributed by atoms with Crippen molar-refractivity contribution in [3.05, 3.63) is 29.3 Å². The summed E-state index contributed by atoms with van der Waals surface area (Å²) in [7, 11) is 0. The average Bonchev–Trinajstić information content (AvgIpc) is 2.50. The van der Waals surface area contributed by atoms with Gasteiger partial charge in [0.1, 0.15) is 0 Å². The Kier molecular flexibility index (Phi) is 4.45. The van der Waals surface area contributed by atoms with Crippen molar-refractivity contribution in [2.24, 2.45) is 16.9 Å².